The van der Waals surface area contributed by atoms with E-state index in [4.69, 9.17) is 0 Å². The van der Waals surface area contributed by atoms with Crippen molar-refractivity contribution in [3.05, 3.63) is 23.8 Å². The van der Waals surface area contributed by atoms with Gasteiger partial charge in [-0.2, -0.15) is 0 Å². The lowest BCUT2D eigenvalue weighted by Gasteiger charge is -2.00. The van der Waals surface area contributed by atoms with Crippen molar-refractivity contribution in [2.24, 2.45) is 0 Å². The lowest BCUT2D eigenvalue weighted by atomic mass is 10.1. The van der Waals surface area contributed by atoms with Crippen LogP contribution >= 0.6 is 0 Å². The summed E-state index contributed by atoms with van der Waals surface area (Å²) in [6.45, 7) is 0. The average Bonchev–Trinajstić information content (AvgIpc) is 1.91. The van der Waals surface area contributed by atoms with E-state index >= 15 is 0 Å². The average molecular weight is 122 g/mol. The minimum Gasteiger partial charge on any atom is -0.303 e. The van der Waals surface area contributed by atoms with Crippen molar-refractivity contribution in [3.8, 4) is 0 Å². The Hall–Kier alpha value is -0.850. The highest BCUT2D eigenvalue weighted by molar-refractivity contribution is 5.56. The van der Waals surface area contributed by atoms with Gasteiger partial charge in [-0.15, -0.1) is 0 Å². The number of allylic oxidation sites excluding steroid dienone is 4. The first-order valence-electron chi connectivity index (χ1n) is 3.22. The van der Waals surface area contributed by atoms with Crippen molar-refractivity contribution in [2.75, 3.05) is 0 Å². The molecule has 0 aromatic carbocycles. The fourth-order valence-corrected chi connectivity index (χ4v) is 0.915. The summed E-state index contributed by atoms with van der Waals surface area (Å²) >= 11 is 0. The molecule has 0 aromatic heterocycles. The van der Waals surface area contributed by atoms with Crippen LogP contribution in [-0.4, -0.2) is 6.29 Å². The zero-order valence-corrected chi connectivity index (χ0v) is 5.34. The van der Waals surface area contributed by atoms with Crippen molar-refractivity contribution in [1.29, 1.82) is 0 Å². The number of carbonyl (C=O) groups is 1. The van der Waals surface area contributed by atoms with Gasteiger partial charge in [0.1, 0.15) is 6.29 Å². The first-order chi connectivity index (χ1) is 4.43. The normalized spacial score (nSPS) is 17.1. The summed E-state index contributed by atoms with van der Waals surface area (Å²) in [5.41, 5.74) is 1.16. The van der Waals surface area contributed by atoms with Crippen molar-refractivity contribution >= 4 is 6.29 Å². The third-order valence-electron chi connectivity index (χ3n) is 1.39. The predicted octanol–water partition coefficient (Wildman–Crippen LogP) is 1.85. The Labute approximate surface area is 55.1 Å². The molecule has 1 aliphatic rings. The highest BCUT2D eigenvalue weighted by Crippen LogP contribution is 2.10. The number of hydrogen-bond acceptors (Lipinski definition) is 1. The maximum Gasteiger partial charge on any atom is 0.124 e. The molecule has 0 saturated heterocycles. The van der Waals surface area contributed by atoms with Crippen LogP contribution in [0.15, 0.2) is 23.8 Å². The minimum atomic E-state index is 0.580. The van der Waals surface area contributed by atoms with Crippen LogP contribution in [0.2, 0.25) is 0 Å². The van der Waals surface area contributed by atoms with E-state index in [-0.39, 0.29) is 0 Å². The molecular formula is C8H10O. The second-order valence-corrected chi connectivity index (χ2v) is 2.13. The van der Waals surface area contributed by atoms with E-state index in [0.29, 0.717) is 6.42 Å². The number of carbonyl (C=O) groups excluding carboxylic acids is 1. The van der Waals surface area contributed by atoms with E-state index < -0.39 is 0 Å². The predicted molar refractivity (Wildman–Crippen MR) is 37.1 cm³/mol. The Morgan fingerprint density at radius 1 is 1.56 bits per heavy atom. The minimum absolute atomic E-state index is 0.580. The van der Waals surface area contributed by atoms with Gasteiger partial charge >= 0.3 is 0 Å². The topological polar surface area (TPSA) is 17.1 Å². The van der Waals surface area contributed by atoms with Crippen molar-refractivity contribution in [2.45, 2.75) is 19.3 Å². The van der Waals surface area contributed by atoms with Gasteiger partial charge in [-0.3, -0.25) is 0 Å². The van der Waals surface area contributed by atoms with Crippen LogP contribution < -0.4 is 0 Å². The van der Waals surface area contributed by atoms with Crippen LogP contribution in [0.5, 0.6) is 0 Å². The number of hydrogen-bond donors (Lipinski definition) is 0. The fourth-order valence-electron chi connectivity index (χ4n) is 0.915. The van der Waals surface area contributed by atoms with Gasteiger partial charge in [0.25, 0.3) is 0 Å². The molecule has 0 bridgehead atoms. The summed E-state index contributed by atoms with van der Waals surface area (Å²) in [6.07, 6.45) is 10.0. The molecule has 1 heteroatoms. The maximum atomic E-state index is 10.00. The Balaban J connectivity index is 2.47. The third kappa shape index (κ3) is 1.84. The van der Waals surface area contributed by atoms with Gasteiger partial charge in [-0.25, -0.2) is 0 Å². The van der Waals surface area contributed by atoms with Crippen LogP contribution in [-0.2, 0) is 4.79 Å². The second kappa shape index (κ2) is 3.23. The molecular weight excluding hydrogens is 112 g/mol. The van der Waals surface area contributed by atoms with Gasteiger partial charge in [0.15, 0.2) is 0 Å². The largest absolute Gasteiger partial charge is 0.303 e. The molecule has 0 radical (unpaired) electrons. The molecule has 0 heterocycles. The first-order valence-corrected chi connectivity index (χ1v) is 3.22. The molecule has 1 rings (SSSR count). The third-order valence-corrected chi connectivity index (χ3v) is 1.39. The molecule has 0 atom stereocenters. The Kier molecular flexibility index (Phi) is 2.25. The molecule has 48 valence electrons. The smallest absolute Gasteiger partial charge is 0.124 e. The molecule has 0 N–H and O–H groups in total. The molecule has 0 unspecified atom stereocenters. The van der Waals surface area contributed by atoms with Gasteiger partial charge in [0.2, 0.25) is 0 Å². The summed E-state index contributed by atoms with van der Waals surface area (Å²) in [6, 6.07) is 0. The maximum absolute atomic E-state index is 10.00. The van der Waals surface area contributed by atoms with E-state index in [0.717, 1.165) is 24.7 Å². The van der Waals surface area contributed by atoms with E-state index in [1.165, 1.54) is 0 Å². The van der Waals surface area contributed by atoms with E-state index in [9.17, 15) is 4.79 Å². The number of aldehydes is 1. The molecule has 1 aliphatic carbocycles. The van der Waals surface area contributed by atoms with Crippen LogP contribution in [0.1, 0.15) is 19.3 Å². The van der Waals surface area contributed by atoms with Crippen LogP contribution in [0.4, 0.5) is 0 Å². The standard InChI is InChI=1S/C8H10O/c9-7-6-8-4-2-1-3-5-8/h2,4-5,7H,1,3,6H2. The van der Waals surface area contributed by atoms with Gasteiger partial charge in [0, 0.05) is 6.42 Å². The van der Waals surface area contributed by atoms with E-state index in [1.807, 2.05) is 6.08 Å². The van der Waals surface area contributed by atoms with Crippen LogP contribution in [0.25, 0.3) is 0 Å². The Morgan fingerprint density at radius 2 is 2.44 bits per heavy atom. The number of rotatable bonds is 2. The molecule has 1 nitrogen and oxygen atoms in total. The lowest BCUT2D eigenvalue weighted by Crippen LogP contribution is -1.84. The summed E-state index contributed by atoms with van der Waals surface area (Å²) in [7, 11) is 0. The summed E-state index contributed by atoms with van der Waals surface area (Å²) in [4.78, 5) is 10.00. The molecule has 0 saturated carbocycles. The molecule has 0 aliphatic heterocycles. The van der Waals surface area contributed by atoms with Crippen LogP contribution in [0.3, 0.4) is 0 Å². The Bertz CT molecular complexity index is 154. The van der Waals surface area contributed by atoms with Crippen molar-refractivity contribution < 1.29 is 4.79 Å². The zero-order chi connectivity index (χ0) is 6.53. The highest BCUT2D eigenvalue weighted by Gasteiger charge is 1.93. The first kappa shape index (κ1) is 6.27. The molecule has 0 fully saturated rings. The van der Waals surface area contributed by atoms with Gasteiger partial charge in [-0.1, -0.05) is 18.2 Å². The quantitative estimate of drug-likeness (QED) is 0.511. The zero-order valence-electron chi connectivity index (χ0n) is 5.34. The highest BCUT2D eigenvalue weighted by atomic mass is 16.1. The molecule has 9 heavy (non-hydrogen) atoms. The SMILES string of the molecule is O=CCC1=CCCC=C1. The molecule has 0 spiro atoms. The second-order valence-electron chi connectivity index (χ2n) is 2.13. The summed E-state index contributed by atoms with van der Waals surface area (Å²) in [5, 5.41) is 0. The van der Waals surface area contributed by atoms with Crippen molar-refractivity contribution in [3.63, 3.8) is 0 Å². The molecule has 0 amide bonds. The van der Waals surface area contributed by atoms with Gasteiger partial charge in [0.05, 0.1) is 0 Å². The lowest BCUT2D eigenvalue weighted by molar-refractivity contribution is -0.107. The monoisotopic (exact) mass is 122 g/mol. The fraction of sp³-hybridized carbons (Fsp3) is 0.375. The van der Waals surface area contributed by atoms with Crippen LogP contribution in [0, 0.1) is 0 Å². The molecule has 0 aromatic rings. The van der Waals surface area contributed by atoms with E-state index in [1.54, 1.807) is 0 Å². The summed E-state index contributed by atoms with van der Waals surface area (Å²) < 4.78 is 0. The Morgan fingerprint density at radius 3 is 3.00 bits per heavy atom. The van der Waals surface area contributed by atoms with Crippen molar-refractivity contribution in [1.82, 2.24) is 0 Å². The van der Waals surface area contributed by atoms with Gasteiger partial charge in [-0.05, 0) is 18.4 Å². The van der Waals surface area contributed by atoms with E-state index in [2.05, 4.69) is 12.2 Å². The summed E-state index contributed by atoms with van der Waals surface area (Å²) in [5.74, 6) is 0. The van der Waals surface area contributed by atoms with Gasteiger partial charge < -0.3 is 4.79 Å².